The number of sulfone groups is 1. The van der Waals surface area contributed by atoms with Crippen LogP contribution in [0.3, 0.4) is 0 Å². The third-order valence-corrected chi connectivity index (χ3v) is 6.13. The summed E-state index contributed by atoms with van der Waals surface area (Å²) < 4.78 is 50.7. The first kappa shape index (κ1) is 16.4. The molecule has 0 fully saturated rings. The Kier molecular flexibility index (Phi) is 4.42. The van der Waals surface area contributed by atoms with Crippen molar-refractivity contribution in [2.75, 3.05) is 11.4 Å². The van der Waals surface area contributed by atoms with Gasteiger partial charge in [0.25, 0.3) is 0 Å². The second-order valence-corrected chi connectivity index (χ2v) is 8.06. The normalized spacial score (nSPS) is 14.9. The van der Waals surface area contributed by atoms with E-state index in [1.54, 1.807) is 12.1 Å². The molecule has 7 heteroatoms. The molecule has 0 aromatic heterocycles. The number of halogens is 3. The second kappa shape index (κ2) is 6.20. The summed E-state index contributed by atoms with van der Waals surface area (Å²) in [6.07, 6.45) is 0.722. The average molecular weight is 402 g/mol. The lowest BCUT2D eigenvalue weighted by atomic mass is 9.99. The fourth-order valence-corrected chi connectivity index (χ4v) is 4.38. The van der Waals surface area contributed by atoms with Crippen LogP contribution in [0.1, 0.15) is 11.1 Å². The smallest absolute Gasteiger partial charge is 0.341 e. The topological polar surface area (TPSA) is 37.4 Å². The van der Waals surface area contributed by atoms with E-state index in [2.05, 4.69) is 15.9 Å². The van der Waals surface area contributed by atoms with E-state index in [0.29, 0.717) is 18.8 Å². The highest BCUT2D eigenvalue weighted by atomic mass is 79.9. The number of hydrogen-bond donors (Lipinski definition) is 0. The van der Waals surface area contributed by atoms with Crippen molar-refractivity contribution in [2.24, 2.45) is 0 Å². The molecular weight excluding hydrogens is 388 g/mol. The van der Waals surface area contributed by atoms with Crippen molar-refractivity contribution in [1.29, 1.82) is 0 Å². The van der Waals surface area contributed by atoms with Crippen molar-refractivity contribution in [3.8, 4) is 0 Å². The molecule has 2 aromatic rings. The fraction of sp³-hybridized carbons (Fsp3) is 0.250. The van der Waals surface area contributed by atoms with Crippen molar-refractivity contribution in [3.05, 3.63) is 58.1 Å². The minimum absolute atomic E-state index is 0.312. The quantitative estimate of drug-likeness (QED) is 0.779. The molecule has 23 heavy (non-hydrogen) atoms. The Hall–Kier alpha value is -1.47. The van der Waals surface area contributed by atoms with E-state index < -0.39 is 15.6 Å². The zero-order valence-corrected chi connectivity index (χ0v) is 14.4. The van der Waals surface area contributed by atoms with Crippen molar-refractivity contribution in [3.63, 3.8) is 0 Å². The maximum absolute atomic E-state index is 12.9. The molecule has 0 saturated heterocycles. The summed E-state index contributed by atoms with van der Waals surface area (Å²) in [5.74, 6) is -3.42. The number of alkyl halides is 2. The summed E-state index contributed by atoms with van der Waals surface area (Å²) in [4.78, 5) is 1.53. The Bertz CT molecular complexity index is 840. The van der Waals surface area contributed by atoms with E-state index in [1.165, 1.54) is 17.7 Å². The zero-order valence-electron chi connectivity index (χ0n) is 12.0. The fourth-order valence-electron chi connectivity index (χ4n) is 2.82. The molecule has 0 bridgehead atoms. The van der Waals surface area contributed by atoms with E-state index >= 15 is 0 Å². The molecule has 3 rings (SSSR count). The molecule has 0 unspecified atom stereocenters. The van der Waals surface area contributed by atoms with Crippen LogP contribution in [0.2, 0.25) is 0 Å². The van der Waals surface area contributed by atoms with Crippen molar-refractivity contribution < 1.29 is 17.2 Å². The Morgan fingerprint density at radius 1 is 1.09 bits per heavy atom. The lowest BCUT2D eigenvalue weighted by molar-refractivity contribution is 0.235. The van der Waals surface area contributed by atoms with E-state index in [1.807, 2.05) is 23.1 Å². The van der Waals surface area contributed by atoms with Crippen LogP contribution < -0.4 is 4.90 Å². The molecule has 0 amide bonds. The SMILES string of the molecule is O=S(=O)(c1ccccc1N1CCc2c(Br)cccc2C1)C(F)F. The summed E-state index contributed by atoms with van der Waals surface area (Å²) in [6, 6.07) is 11.8. The maximum Gasteiger partial charge on any atom is 0.341 e. The number of fused-ring (bicyclic) bond motifs is 1. The third kappa shape index (κ3) is 2.99. The lowest BCUT2D eigenvalue weighted by Crippen LogP contribution is -2.32. The highest BCUT2D eigenvalue weighted by Gasteiger charge is 2.31. The van der Waals surface area contributed by atoms with Gasteiger partial charge in [-0.1, -0.05) is 40.2 Å². The number of anilines is 1. The van der Waals surface area contributed by atoms with E-state index in [-0.39, 0.29) is 4.90 Å². The number of nitrogens with zero attached hydrogens (tertiary/aromatic N) is 1. The molecule has 3 nitrogen and oxygen atoms in total. The summed E-state index contributed by atoms with van der Waals surface area (Å²) in [6.45, 7) is 1.07. The molecular formula is C16H14BrF2NO2S. The lowest BCUT2D eigenvalue weighted by Gasteiger charge is -2.32. The van der Waals surface area contributed by atoms with Crippen LogP contribution in [-0.4, -0.2) is 20.7 Å². The summed E-state index contributed by atoms with van der Waals surface area (Å²) >= 11 is 3.51. The molecule has 1 aliphatic heterocycles. The van der Waals surface area contributed by atoms with Gasteiger partial charge in [-0.3, -0.25) is 0 Å². The standard InChI is InChI=1S/C16H14BrF2NO2S/c17-13-5-3-4-11-10-20(9-8-12(11)13)14-6-1-2-7-15(14)23(21,22)16(18)19/h1-7,16H,8-10H2. The number of benzene rings is 2. The van der Waals surface area contributed by atoms with Crippen molar-refractivity contribution >= 4 is 31.5 Å². The van der Waals surface area contributed by atoms with Gasteiger partial charge in [0, 0.05) is 17.6 Å². The minimum Gasteiger partial charge on any atom is -0.366 e. The number of para-hydroxylation sites is 1. The number of rotatable bonds is 3. The molecule has 0 N–H and O–H groups in total. The van der Waals surface area contributed by atoms with E-state index in [4.69, 9.17) is 0 Å². The predicted octanol–water partition coefficient (Wildman–Crippen LogP) is 4.01. The Morgan fingerprint density at radius 3 is 2.57 bits per heavy atom. The molecule has 0 radical (unpaired) electrons. The monoisotopic (exact) mass is 401 g/mol. The summed E-state index contributed by atoms with van der Waals surface area (Å²) in [7, 11) is -4.63. The van der Waals surface area contributed by atoms with Crippen LogP contribution in [0, 0.1) is 0 Å². The molecule has 0 atom stereocenters. The number of hydrogen-bond acceptors (Lipinski definition) is 3. The van der Waals surface area contributed by atoms with Crippen LogP contribution in [0.25, 0.3) is 0 Å². The van der Waals surface area contributed by atoms with Gasteiger partial charge in [0.15, 0.2) is 0 Å². The largest absolute Gasteiger partial charge is 0.366 e. The summed E-state index contributed by atoms with van der Waals surface area (Å²) in [5.41, 5.74) is 2.58. The summed E-state index contributed by atoms with van der Waals surface area (Å²) in [5, 5.41) is 0. The van der Waals surface area contributed by atoms with Crippen molar-refractivity contribution in [2.45, 2.75) is 23.6 Å². The minimum atomic E-state index is -4.63. The molecule has 0 aliphatic carbocycles. The van der Waals surface area contributed by atoms with Crippen LogP contribution in [-0.2, 0) is 22.8 Å². The molecule has 0 saturated carbocycles. The van der Waals surface area contributed by atoms with Crippen molar-refractivity contribution in [1.82, 2.24) is 0 Å². The molecule has 0 spiro atoms. The first-order valence-electron chi connectivity index (χ1n) is 7.03. The van der Waals surface area contributed by atoms with Gasteiger partial charge in [0.05, 0.1) is 10.6 Å². The Morgan fingerprint density at radius 2 is 1.83 bits per heavy atom. The van der Waals surface area contributed by atoms with Gasteiger partial charge >= 0.3 is 5.76 Å². The first-order valence-corrected chi connectivity index (χ1v) is 9.37. The molecule has 1 aliphatic rings. The van der Waals surface area contributed by atoms with Gasteiger partial charge in [-0.05, 0) is 35.7 Å². The average Bonchev–Trinajstić information content (AvgIpc) is 2.54. The predicted molar refractivity (Wildman–Crippen MR) is 88.5 cm³/mol. The van der Waals surface area contributed by atoms with E-state index in [0.717, 1.165) is 16.5 Å². The third-order valence-electron chi connectivity index (χ3n) is 3.96. The van der Waals surface area contributed by atoms with Gasteiger partial charge in [-0.2, -0.15) is 8.78 Å². The highest BCUT2D eigenvalue weighted by molar-refractivity contribution is 9.10. The van der Waals surface area contributed by atoms with Crippen LogP contribution in [0.4, 0.5) is 14.5 Å². The van der Waals surface area contributed by atoms with Gasteiger partial charge in [0.2, 0.25) is 9.84 Å². The zero-order chi connectivity index (χ0) is 16.6. The van der Waals surface area contributed by atoms with Gasteiger partial charge in [0.1, 0.15) is 0 Å². The Labute approximate surface area is 142 Å². The molecule has 122 valence electrons. The Balaban J connectivity index is 2.02. The second-order valence-electron chi connectivity index (χ2n) is 5.32. The van der Waals surface area contributed by atoms with Gasteiger partial charge in [-0.25, -0.2) is 8.42 Å². The first-order chi connectivity index (χ1) is 10.9. The molecule has 1 heterocycles. The van der Waals surface area contributed by atoms with Crippen LogP contribution in [0.15, 0.2) is 51.8 Å². The maximum atomic E-state index is 12.9. The highest BCUT2D eigenvalue weighted by Crippen LogP contribution is 2.34. The van der Waals surface area contributed by atoms with E-state index in [9.17, 15) is 17.2 Å². The van der Waals surface area contributed by atoms with Crippen LogP contribution in [0.5, 0.6) is 0 Å². The van der Waals surface area contributed by atoms with Gasteiger partial charge in [-0.15, -0.1) is 0 Å². The van der Waals surface area contributed by atoms with Crippen LogP contribution >= 0.6 is 15.9 Å². The van der Waals surface area contributed by atoms with Gasteiger partial charge < -0.3 is 4.90 Å². The molecule has 2 aromatic carbocycles.